The van der Waals surface area contributed by atoms with E-state index >= 15 is 0 Å². The van der Waals surface area contributed by atoms with E-state index in [4.69, 9.17) is 12.2 Å². The second-order valence-electron chi connectivity index (χ2n) is 4.02. The highest BCUT2D eigenvalue weighted by Gasteiger charge is 2.02. The van der Waals surface area contributed by atoms with Crippen LogP contribution in [0.1, 0.15) is 18.4 Å². The highest BCUT2D eigenvalue weighted by molar-refractivity contribution is 9.10. The number of halogens is 1. The molecule has 104 valence electrons. The molecule has 2 N–H and O–H groups in total. The van der Waals surface area contributed by atoms with Gasteiger partial charge < -0.3 is 15.4 Å². The fourth-order valence-corrected chi connectivity index (χ4v) is 1.90. The van der Waals surface area contributed by atoms with Crippen molar-refractivity contribution in [3.05, 3.63) is 28.2 Å². The maximum Gasteiger partial charge on any atom is 0.305 e. The molecule has 0 unspecified atom stereocenters. The van der Waals surface area contributed by atoms with Crippen LogP contribution in [-0.2, 0) is 9.53 Å². The van der Waals surface area contributed by atoms with Crippen LogP contribution in [0.5, 0.6) is 0 Å². The van der Waals surface area contributed by atoms with Crippen LogP contribution in [0.3, 0.4) is 0 Å². The summed E-state index contributed by atoms with van der Waals surface area (Å²) in [6.07, 6.45) is 1.08. The molecule has 0 radical (unpaired) electrons. The van der Waals surface area contributed by atoms with Crippen molar-refractivity contribution in [2.45, 2.75) is 19.8 Å². The van der Waals surface area contributed by atoms with Gasteiger partial charge in [-0.15, -0.1) is 0 Å². The molecule has 0 aliphatic carbocycles. The number of benzene rings is 1. The molecule has 0 saturated heterocycles. The first-order chi connectivity index (χ1) is 9.02. The summed E-state index contributed by atoms with van der Waals surface area (Å²) in [5.74, 6) is -0.204. The number of esters is 1. The Morgan fingerprint density at radius 3 is 2.84 bits per heavy atom. The summed E-state index contributed by atoms with van der Waals surface area (Å²) in [7, 11) is 1.39. The molecular formula is C13H17BrN2O2S. The molecule has 0 bridgehead atoms. The molecule has 1 rings (SSSR count). The van der Waals surface area contributed by atoms with E-state index in [1.54, 1.807) is 0 Å². The minimum Gasteiger partial charge on any atom is -0.469 e. The molecule has 19 heavy (non-hydrogen) atoms. The molecule has 1 aromatic carbocycles. The van der Waals surface area contributed by atoms with Crippen molar-refractivity contribution >= 4 is 44.9 Å². The molecule has 4 nitrogen and oxygen atoms in total. The number of rotatable bonds is 5. The molecule has 0 amide bonds. The van der Waals surface area contributed by atoms with E-state index in [1.165, 1.54) is 7.11 Å². The van der Waals surface area contributed by atoms with Crippen LogP contribution in [0, 0.1) is 6.92 Å². The third-order valence-corrected chi connectivity index (χ3v) is 3.62. The Kier molecular flexibility index (Phi) is 6.80. The van der Waals surface area contributed by atoms with Gasteiger partial charge in [0.05, 0.1) is 7.11 Å². The van der Waals surface area contributed by atoms with Crippen LogP contribution in [-0.4, -0.2) is 24.7 Å². The zero-order valence-electron chi connectivity index (χ0n) is 11.0. The molecule has 0 aliphatic rings. The van der Waals surface area contributed by atoms with Crippen molar-refractivity contribution in [3.8, 4) is 0 Å². The maximum absolute atomic E-state index is 10.9. The number of hydrogen-bond acceptors (Lipinski definition) is 3. The zero-order chi connectivity index (χ0) is 14.3. The third-order valence-electron chi connectivity index (χ3n) is 2.49. The second kappa shape index (κ2) is 8.12. The first-order valence-electron chi connectivity index (χ1n) is 5.90. The summed E-state index contributed by atoms with van der Waals surface area (Å²) in [6, 6.07) is 5.92. The number of carbonyl (C=O) groups is 1. The molecule has 0 aromatic heterocycles. The van der Waals surface area contributed by atoms with Crippen LogP contribution in [0.2, 0.25) is 0 Å². The summed E-state index contributed by atoms with van der Waals surface area (Å²) in [6.45, 7) is 2.65. The largest absolute Gasteiger partial charge is 0.469 e. The van der Waals surface area contributed by atoms with Crippen molar-refractivity contribution in [1.82, 2.24) is 5.32 Å². The Hall–Kier alpha value is -1.14. The van der Waals surface area contributed by atoms with Gasteiger partial charge in [-0.25, -0.2) is 0 Å². The Bertz CT molecular complexity index is 466. The molecule has 0 aliphatic heterocycles. The number of carbonyl (C=O) groups excluding carboxylic acids is 1. The number of methoxy groups -OCH3 is 1. The monoisotopic (exact) mass is 344 g/mol. The highest BCUT2D eigenvalue weighted by Crippen LogP contribution is 2.19. The fraction of sp³-hybridized carbons (Fsp3) is 0.385. The van der Waals surface area contributed by atoms with Gasteiger partial charge in [0, 0.05) is 23.1 Å². The summed E-state index contributed by atoms with van der Waals surface area (Å²) in [5, 5.41) is 6.69. The molecule has 0 spiro atoms. The topological polar surface area (TPSA) is 50.4 Å². The Balaban J connectivity index is 2.31. The van der Waals surface area contributed by atoms with E-state index in [0.29, 0.717) is 24.5 Å². The average Bonchev–Trinajstić information content (AvgIpc) is 2.38. The van der Waals surface area contributed by atoms with Gasteiger partial charge in [-0.05, 0) is 49.3 Å². The number of hydrogen-bond donors (Lipinski definition) is 2. The van der Waals surface area contributed by atoms with Crippen LogP contribution >= 0.6 is 28.1 Å². The predicted octanol–water partition coefficient (Wildman–Crippen LogP) is 3.00. The van der Waals surface area contributed by atoms with E-state index < -0.39 is 0 Å². The van der Waals surface area contributed by atoms with Crippen LogP contribution in [0.25, 0.3) is 0 Å². The van der Waals surface area contributed by atoms with Gasteiger partial charge >= 0.3 is 5.97 Å². The number of anilines is 1. The predicted molar refractivity (Wildman–Crippen MR) is 84.4 cm³/mol. The van der Waals surface area contributed by atoms with Crippen molar-refractivity contribution in [1.29, 1.82) is 0 Å². The van der Waals surface area contributed by atoms with Crippen LogP contribution in [0.4, 0.5) is 5.69 Å². The molecule has 1 aromatic rings. The normalized spacial score (nSPS) is 9.84. The second-order valence-corrected chi connectivity index (χ2v) is 5.29. The summed E-state index contributed by atoms with van der Waals surface area (Å²) >= 11 is 8.62. The van der Waals surface area contributed by atoms with Gasteiger partial charge in [-0.2, -0.15) is 0 Å². The Morgan fingerprint density at radius 1 is 1.47 bits per heavy atom. The van der Waals surface area contributed by atoms with E-state index in [0.717, 1.165) is 15.7 Å². The number of thiocarbonyl (C=S) groups is 1. The van der Waals surface area contributed by atoms with Gasteiger partial charge in [0.25, 0.3) is 0 Å². The average molecular weight is 345 g/mol. The van der Waals surface area contributed by atoms with Gasteiger partial charge in [-0.3, -0.25) is 4.79 Å². The van der Waals surface area contributed by atoms with E-state index in [1.807, 2.05) is 25.1 Å². The number of aryl methyl sites for hydroxylation is 1. The van der Waals surface area contributed by atoms with E-state index in [2.05, 4.69) is 31.3 Å². The minimum atomic E-state index is -0.204. The van der Waals surface area contributed by atoms with Crippen molar-refractivity contribution in [2.75, 3.05) is 19.0 Å². The molecule has 0 fully saturated rings. The minimum absolute atomic E-state index is 0.204. The van der Waals surface area contributed by atoms with Gasteiger partial charge in [0.2, 0.25) is 0 Å². The lowest BCUT2D eigenvalue weighted by atomic mass is 10.2. The van der Waals surface area contributed by atoms with E-state index in [9.17, 15) is 4.79 Å². The Labute approximate surface area is 127 Å². The van der Waals surface area contributed by atoms with Gasteiger partial charge in [0.1, 0.15) is 0 Å². The maximum atomic E-state index is 10.9. The summed E-state index contributed by atoms with van der Waals surface area (Å²) in [4.78, 5) is 10.9. The van der Waals surface area contributed by atoms with Crippen molar-refractivity contribution < 1.29 is 9.53 Å². The van der Waals surface area contributed by atoms with Crippen molar-refractivity contribution in [3.63, 3.8) is 0 Å². The lowest BCUT2D eigenvalue weighted by Crippen LogP contribution is -2.29. The summed E-state index contributed by atoms with van der Waals surface area (Å²) < 4.78 is 5.62. The lowest BCUT2D eigenvalue weighted by molar-refractivity contribution is -0.140. The molecule has 6 heteroatoms. The fourth-order valence-electron chi connectivity index (χ4n) is 1.43. The first-order valence-corrected chi connectivity index (χ1v) is 7.11. The quantitative estimate of drug-likeness (QED) is 0.488. The standard InChI is InChI=1S/C13H17BrN2O2S/c1-9-8-10(5-6-11(9)14)16-13(19)15-7-3-4-12(17)18-2/h5-6,8H,3-4,7H2,1-2H3,(H2,15,16,19). The highest BCUT2D eigenvalue weighted by atomic mass is 79.9. The molecular weight excluding hydrogens is 328 g/mol. The summed E-state index contributed by atoms with van der Waals surface area (Å²) in [5.41, 5.74) is 2.07. The lowest BCUT2D eigenvalue weighted by Gasteiger charge is -2.11. The van der Waals surface area contributed by atoms with Crippen LogP contribution < -0.4 is 10.6 Å². The number of ether oxygens (including phenoxy) is 1. The molecule has 0 heterocycles. The zero-order valence-corrected chi connectivity index (χ0v) is 13.4. The van der Waals surface area contributed by atoms with E-state index in [-0.39, 0.29) is 5.97 Å². The van der Waals surface area contributed by atoms with Crippen molar-refractivity contribution in [2.24, 2.45) is 0 Å². The van der Waals surface area contributed by atoms with Crippen LogP contribution in [0.15, 0.2) is 22.7 Å². The van der Waals surface area contributed by atoms with Gasteiger partial charge in [0.15, 0.2) is 5.11 Å². The third kappa shape index (κ3) is 6.02. The smallest absolute Gasteiger partial charge is 0.305 e. The first kappa shape index (κ1) is 15.9. The van der Waals surface area contributed by atoms with Gasteiger partial charge in [-0.1, -0.05) is 15.9 Å². The number of nitrogens with one attached hydrogen (secondary N) is 2. The molecule has 0 saturated carbocycles. The molecule has 0 atom stereocenters. The Morgan fingerprint density at radius 2 is 2.21 bits per heavy atom. The SMILES string of the molecule is COC(=O)CCCNC(=S)Nc1ccc(Br)c(C)c1.